The average molecular weight is 521 g/mol. The third kappa shape index (κ3) is 5.86. The second kappa shape index (κ2) is 11.7. The summed E-state index contributed by atoms with van der Waals surface area (Å²) in [4.78, 5) is 30.8. The summed E-state index contributed by atoms with van der Waals surface area (Å²) in [6, 6.07) is 9.05. The monoisotopic (exact) mass is 520 g/mol. The quantitative estimate of drug-likeness (QED) is 0.225. The van der Waals surface area contributed by atoms with Crippen LogP contribution in [0.4, 0.5) is 5.69 Å². The first-order valence-electron chi connectivity index (χ1n) is 12.7. The Hall–Kier alpha value is -4.83. The first-order valence-corrected chi connectivity index (χ1v) is 12.7. The molecule has 198 valence electrons. The SMILES string of the molecule is C#C/C=C\C(=C/C)c1oc2c(C(C)Nc3cccnc3C(=O)NCc3ccn(C)c3)cc(C)cc2c(=O)c1C. The van der Waals surface area contributed by atoms with E-state index in [0.717, 1.165) is 22.3 Å². The van der Waals surface area contributed by atoms with Gasteiger partial charge < -0.3 is 19.6 Å². The minimum Gasteiger partial charge on any atom is -0.455 e. The van der Waals surface area contributed by atoms with Crippen LogP contribution < -0.4 is 16.1 Å². The Morgan fingerprint density at radius 3 is 2.77 bits per heavy atom. The number of carbonyl (C=O) groups excluding carboxylic acids is 1. The number of carbonyl (C=O) groups is 1. The molecule has 0 aliphatic rings. The molecule has 3 aromatic heterocycles. The zero-order valence-corrected chi connectivity index (χ0v) is 22.8. The highest BCUT2D eigenvalue weighted by Gasteiger charge is 2.21. The number of aryl methyl sites for hydroxylation is 2. The summed E-state index contributed by atoms with van der Waals surface area (Å²) >= 11 is 0. The zero-order chi connectivity index (χ0) is 28.1. The lowest BCUT2D eigenvalue weighted by Gasteiger charge is -2.20. The Labute approximate surface area is 228 Å². The molecule has 0 saturated heterocycles. The molecule has 0 radical (unpaired) electrons. The van der Waals surface area contributed by atoms with Crippen LogP contribution in [0.3, 0.4) is 0 Å². The smallest absolute Gasteiger partial charge is 0.272 e. The van der Waals surface area contributed by atoms with Crippen LogP contribution in [-0.2, 0) is 13.6 Å². The average Bonchev–Trinajstić information content (AvgIpc) is 3.35. The number of benzene rings is 1. The molecule has 4 rings (SSSR count). The van der Waals surface area contributed by atoms with Crippen LogP contribution in [0, 0.1) is 26.2 Å². The zero-order valence-electron chi connectivity index (χ0n) is 22.8. The molecule has 1 unspecified atom stereocenters. The molecule has 0 spiro atoms. The summed E-state index contributed by atoms with van der Waals surface area (Å²) in [7, 11) is 1.93. The second-order valence-corrected chi connectivity index (χ2v) is 9.49. The number of rotatable bonds is 8. The Balaban J connectivity index is 1.71. The molecule has 0 aliphatic heterocycles. The summed E-state index contributed by atoms with van der Waals surface area (Å²) in [6.45, 7) is 7.92. The van der Waals surface area contributed by atoms with Crippen molar-refractivity contribution >= 4 is 28.1 Å². The van der Waals surface area contributed by atoms with E-state index in [-0.39, 0.29) is 23.1 Å². The van der Waals surface area contributed by atoms with Gasteiger partial charge >= 0.3 is 0 Å². The topological polar surface area (TPSA) is 89.2 Å². The highest BCUT2D eigenvalue weighted by atomic mass is 16.3. The number of hydrogen-bond donors (Lipinski definition) is 2. The Morgan fingerprint density at radius 2 is 2.08 bits per heavy atom. The van der Waals surface area contributed by atoms with Gasteiger partial charge in [0.15, 0.2) is 11.1 Å². The van der Waals surface area contributed by atoms with Gasteiger partial charge in [-0.05, 0) is 75.2 Å². The van der Waals surface area contributed by atoms with Gasteiger partial charge in [0.1, 0.15) is 11.3 Å². The first-order chi connectivity index (χ1) is 18.7. The molecule has 7 nitrogen and oxygen atoms in total. The lowest BCUT2D eigenvalue weighted by molar-refractivity contribution is 0.0946. The first kappa shape index (κ1) is 27.2. The number of anilines is 1. The standard InChI is InChI=1S/C32H32N4O3/c1-7-9-11-24(8-2)30-21(4)29(37)26-17-20(3)16-25(31(26)39-30)22(5)35-27-12-10-14-33-28(27)32(38)34-18-23-13-15-36(6)19-23/h1,8-17,19,22,35H,18H2,2-6H3,(H,34,38)/b11-9-,24-8+. The van der Waals surface area contributed by atoms with Crippen molar-refractivity contribution in [1.82, 2.24) is 14.9 Å². The molecule has 2 N–H and O–H groups in total. The maximum Gasteiger partial charge on any atom is 0.272 e. The predicted molar refractivity (Wildman–Crippen MR) is 156 cm³/mol. The van der Waals surface area contributed by atoms with Crippen molar-refractivity contribution in [3.63, 3.8) is 0 Å². The molecule has 1 atom stereocenters. The molecule has 39 heavy (non-hydrogen) atoms. The highest BCUT2D eigenvalue weighted by Crippen LogP contribution is 2.31. The fourth-order valence-corrected chi connectivity index (χ4v) is 4.55. The van der Waals surface area contributed by atoms with E-state index in [1.807, 2.05) is 75.1 Å². The van der Waals surface area contributed by atoms with Crippen molar-refractivity contribution in [1.29, 1.82) is 0 Å². The molecule has 0 bridgehead atoms. The van der Waals surface area contributed by atoms with E-state index in [2.05, 4.69) is 21.5 Å². The predicted octanol–water partition coefficient (Wildman–Crippen LogP) is 5.84. The van der Waals surface area contributed by atoms with Gasteiger partial charge in [0.2, 0.25) is 0 Å². The molecule has 1 amide bonds. The van der Waals surface area contributed by atoms with E-state index in [9.17, 15) is 9.59 Å². The lowest BCUT2D eigenvalue weighted by Crippen LogP contribution is -2.25. The van der Waals surface area contributed by atoms with Crippen molar-refractivity contribution in [2.24, 2.45) is 7.05 Å². The van der Waals surface area contributed by atoms with E-state index in [0.29, 0.717) is 34.5 Å². The van der Waals surface area contributed by atoms with E-state index in [1.165, 1.54) is 0 Å². The van der Waals surface area contributed by atoms with Crippen LogP contribution in [-0.4, -0.2) is 15.5 Å². The number of nitrogens with one attached hydrogen (secondary N) is 2. The van der Waals surface area contributed by atoms with Crippen molar-refractivity contribution < 1.29 is 9.21 Å². The fraction of sp³-hybridized carbons (Fsp3) is 0.219. The Kier molecular flexibility index (Phi) is 8.16. The summed E-state index contributed by atoms with van der Waals surface area (Å²) in [6.07, 6.45) is 16.1. The summed E-state index contributed by atoms with van der Waals surface area (Å²) < 4.78 is 8.34. The van der Waals surface area contributed by atoms with Gasteiger partial charge in [-0.2, -0.15) is 0 Å². The van der Waals surface area contributed by atoms with Crippen molar-refractivity contribution in [3.05, 3.63) is 111 Å². The second-order valence-electron chi connectivity index (χ2n) is 9.49. The normalized spacial score (nSPS) is 12.5. The van der Waals surface area contributed by atoms with Crippen LogP contribution in [0.15, 0.2) is 76.4 Å². The molecule has 0 fully saturated rings. The summed E-state index contributed by atoms with van der Waals surface area (Å²) in [5.74, 6) is 2.67. The van der Waals surface area contributed by atoms with Crippen LogP contribution in [0.5, 0.6) is 0 Å². The van der Waals surface area contributed by atoms with E-state index in [1.54, 1.807) is 31.3 Å². The van der Waals surface area contributed by atoms with Gasteiger partial charge in [-0.3, -0.25) is 9.59 Å². The third-order valence-electron chi connectivity index (χ3n) is 6.53. The lowest BCUT2D eigenvalue weighted by atomic mass is 9.98. The minimum atomic E-state index is -0.314. The number of allylic oxidation sites excluding steroid dienone is 4. The number of hydrogen-bond acceptors (Lipinski definition) is 5. The third-order valence-corrected chi connectivity index (χ3v) is 6.53. The van der Waals surface area contributed by atoms with Gasteiger partial charge in [0.05, 0.1) is 17.1 Å². The number of pyridine rings is 1. The molecule has 0 saturated carbocycles. The van der Waals surface area contributed by atoms with Crippen LogP contribution >= 0.6 is 0 Å². The number of aromatic nitrogens is 2. The molecule has 4 aromatic rings. The van der Waals surface area contributed by atoms with E-state index < -0.39 is 0 Å². The van der Waals surface area contributed by atoms with Crippen LogP contribution in [0.25, 0.3) is 16.5 Å². The minimum absolute atomic E-state index is 0.0979. The number of amides is 1. The maximum absolute atomic E-state index is 13.4. The van der Waals surface area contributed by atoms with Gasteiger partial charge in [0.25, 0.3) is 5.91 Å². The van der Waals surface area contributed by atoms with Gasteiger partial charge in [-0.25, -0.2) is 4.98 Å². The summed E-state index contributed by atoms with van der Waals surface area (Å²) in [5.41, 5.74) is 5.19. The molecule has 3 heterocycles. The Morgan fingerprint density at radius 1 is 1.28 bits per heavy atom. The van der Waals surface area contributed by atoms with E-state index in [4.69, 9.17) is 10.8 Å². The largest absolute Gasteiger partial charge is 0.455 e. The number of nitrogens with zero attached hydrogens (tertiary/aromatic N) is 2. The molecular weight excluding hydrogens is 488 g/mol. The number of fused-ring (bicyclic) bond motifs is 1. The van der Waals surface area contributed by atoms with Crippen molar-refractivity contribution in [2.75, 3.05) is 5.32 Å². The van der Waals surface area contributed by atoms with Crippen LogP contribution in [0.2, 0.25) is 0 Å². The molecular formula is C32H32N4O3. The molecule has 0 aliphatic carbocycles. The van der Waals surface area contributed by atoms with Crippen LogP contribution in [0.1, 0.15) is 58.4 Å². The molecule has 7 heteroatoms. The Bertz CT molecular complexity index is 1700. The van der Waals surface area contributed by atoms with Crippen molar-refractivity contribution in [3.8, 4) is 12.3 Å². The maximum atomic E-state index is 13.4. The van der Waals surface area contributed by atoms with Gasteiger partial charge in [-0.15, -0.1) is 6.42 Å². The summed E-state index contributed by atoms with van der Waals surface area (Å²) in [5, 5.41) is 6.86. The van der Waals surface area contributed by atoms with Gasteiger partial charge in [0, 0.05) is 48.9 Å². The number of terminal acetylenes is 1. The fourth-order valence-electron chi connectivity index (χ4n) is 4.55. The van der Waals surface area contributed by atoms with Crippen molar-refractivity contribution in [2.45, 2.75) is 40.3 Å². The molecule has 1 aromatic carbocycles. The highest BCUT2D eigenvalue weighted by molar-refractivity contribution is 5.97. The van der Waals surface area contributed by atoms with E-state index >= 15 is 0 Å². The van der Waals surface area contributed by atoms with Gasteiger partial charge in [-0.1, -0.05) is 18.1 Å².